The van der Waals surface area contributed by atoms with E-state index in [0.717, 1.165) is 22.1 Å². The summed E-state index contributed by atoms with van der Waals surface area (Å²) in [5.74, 6) is -0.188. The molecule has 19 heavy (non-hydrogen) atoms. The van der Waals surface area contributed by atoms with Crippen LogP contribution in [0, 0.1) is 9.39 Å². The average Bonchev–Trinajstić information content (AvgIpc) is 2.39. The van der Waals surface area contributed by atoms with Gasteiger partial charge in [0.2, 0.25) is 0 Å². The van der Waals surface area contributed by atoms with Crippen LogP contribution in [0.25, 0.3) is 0 Å². The predicted octanol–water partition coefficient (Wildman–Crippen LogP) is 3.72. The smallest absolute Gasteiger partial charge is 0.124 e. The molecule has 1 N–H and O–H groups in total. The first-order chi connectivity index (χ1) is 9.20. The average molecular weight is 370 g/mol. The third-order valence-corrected chi connectivity index (χ3v) is 3.91. The summed E-state index contributed by atoms with van der Waals surface area (Å²) in [7, 11) is 0. The second-order valence-corrected chi connectivity index (χ2v) is 5.50. The molecule has 4 heteroatoms. The molecule has 0 aliphatic carbocycles. The molecule has 1 aromatic heterocycles. The molecule has 1 atom stereocenters. The first-order valence-electron chi connectivity index (χ1n) is 6.28. The zero-order valence-electron chi connectivity index (χ0n) is 10.7. The van der Waals surface area contributed by atoms with Gasteiger partial charge in [-0.15, -0.1) is 0 Å². The van der Waals surface area contributed by atoms with Crippen molar-refractivity contribution in [1.82, 2.24) is 10.3 Å². The van der Waals surface area contributed by atoms with E-state index in [0.29, 0.717) is 0 Å². The molecule has 0 radical (unpaired) electrons. The Balaban J connectivity index is 2.24. The molecular formula is C15H16FIN2. The maximum Gasteiger partial charge on any atom is 0.124 e. The Hall–Kier alpha value is -1.01. The molecule has 0 aliphatic rings. The van der Waals surface area contributed by atoms with E-state index < -0.39 is 0 Å². The standard InChI is InChI=1S/C15H16FIN2/c1-2-19-15(9-11-5-7-18-8-6-11)13-4-3-12(16)10-14(13)17/h3-8,10,15,19H,2,9H2,1H3. The summed E-state index contributed by atoms with van der Waals surface area (Å²) in [6.07, 6.45) is 4.47. The Labute approximate surface area is 126 Å². The van der Waals surface area contributed by atoms with E-state index in [1.165, 1.54) is 11.6 Å². The highest BCUT2D eigenvalue weighted by molar-refractivity contribution is 14.1. The minimum atomic E-state index is -0.188. The fourth-order valence-corrected chi connectivity index (χ4v) is 2.93. The molecule has 1 unspecified atom stereocenters. The van der Waals surface area contributed by atoms with Crippen molar-refractivity contribution in [3.8, 4) is 0 Å². The van der Waals surface area contributed by atoms with Gasteiger partial charge in [-0.25, -0.2) is 4.39 Å². The second kappa shape index (κ2) is 6.96. The molecule has 0 saturated carbocycles. The van der Waals surface area contributed by atoms with E-state index in [2.05, 4.69) is 39.8 Å². The van der Waals surface area contributed by atoms with E-state index in [1.807, 2.05) is 18.2 Å². The van der Waals surface area contributed by atoms with Gasteiger partial charge < -0.3 is 5.32 Å². The van der Waals surface area contributed by atoms with Crippen LogP contribution in [-0.4, -0.2) is 11.5 Å². The molecule has 2 aromatic rings. The SMILES string of the molecule is CCNC(Cc1ccncc1)c1ccc(F)cc1I. The van der Waals surface area contributed by atoms with Crippen LogP contribution in [0.2, 0.25) is 0 Å². The summed E-state index contributed by atoms with van der Waals surface area (Å²) in [6, 6.07) is 9.19. The van der Waals surface area contributed by atoms with Gasteiger partial charge in [-0.2, -0.15) is 0 Å². The van der Waals surface area contributed by atoms with E-state index in [4.69, 9.17) is 0 Å². The predicted molar refractivity (Wildman–Crippen MR) is 83.5 cm³/mol. The molecule has 0 aliphatic heterocycles. The van der Waals surface area contributed by atoms with Crippen molar-refractivity contribution in [2.24, 2.45) is 0 Å². The Bertz CT molecular complexity index is 531. The minimum absolute atomic E-state index is 0.188. The second-order valence-electron chi connectivity index (χ2n) is 4.34. The Morgan fingerprint density at radius 1 is 1.26 bits per heavy atom. The number of rotatable bonds is 5. The first-order valence-corrected chi connectivity index (χ1v) is 7.35. The van der Waals surface area contributed by atoms with Crippen molar-refractivity contribution in [2.75, 3.05) is 6.54 Å². The van der Waals surface area contributed by atoms with Gasteiger partial charge in [0, 0.05) is 22.0 Å². The molecule has 2 nitrogen and oxygen atoms in total. The van der Waals surface area contributed by atoms with Gasteiger partial charge in [0.15, 0.2) is 0 Å². The number of halogens is 2. The van der Waals surface area contributed by atoms with Crippen LogP contribution in [0.3, 0.4) is 0 Å². The summed E-state index contributed by atoms with van der Waals surface area (Å²) in [4.78, 5) is 4.03. The molecular weight excluding hydrogens is 354 g/mol. The summed E-state index contributed by atoms with van der Waals surface area (Å²) in [6.45, 7) is 2.96. The Morgan fingerprint density at radius 3 is 2.63 bits per heavy atom. The van der Waals surface area contributed by atoms with Gasteiger partial charge in [0.25, 0.3) is 0 Å². The van der Waals surface area contributed by atoms with Crippen molar-refractivity contribution >= 4 is 22.6 Å². The van der Waals surface area contributed by atoms with Gasteiger partial charge in [0.1, 0.15) is 5.82 Å². The maximum atomic E-state index is 13.2. The van der Waals surface area contributed by atoms with E-state index in [-0.39, 0.29) is 11.9 Å². The number of benzene rings is 1. The van der Waals surface area contributed by atoms with E-state index in [1.54, 1.807) is 18.5 Å². The highest BCUT2D eigenvalue weighted by Crippen LogP contribution is 2.24. The number of nitrogens with zero attached hydrogens (tertiary/aromatic N) is 1. The number of hydrogen-bond acceptors (Lipinski definition) is 2. The summed E-state index contributed by atoms with van der Waals surface area (Å²) in [5.41, 5.74) is 2.36. The molecule has 0 saturated heterocycles. The summed E-state index contributed by atoms with van der Waals surface area (Å²) >= 11 is 2.19. The molecule has 0 bridgehead atoms. The molecule has 0 amide bonds. The largest absolute Gasteiger partial charge is 0.310 e. The van der Waals surface area contributed by atoms with Gasteiger partial charge in [-0.3, -0.25) is 4.98 Å². The number of aromatic nitrogens is 1. The Morgan fingerprint density at radius 2 is 2.00 bits per heavy atom. The fourth-order valence-electron chi connectivity index (χ4n) is 2.08. The van der Waals surface area contributed by atoms with Crippen LogP contribution >= 0.6 is 22.6 Å². The van der Waals surface area contributed by atoms with E-state index in [9.17, 15) is 4.39 Å². The van der Waals surface area contributed by atoms with Gasteiger partial charge >= 0.3 is 0 Å². The maximum absolute atomic E-state index is 13.2. The van der Waals surface area contributed by atoms with Crippen LogP contribution < -0.4 is 5.32 Å². The number of likely N-dealkylation sites (N-methyl/N-ethyl adjacent to an activating group) is 1. The quantitative estimate of drug-likeness (QED) is 0.812. The Kier molecular flexibility index (Phi) is 5.27. The molecule has 1 aromatic carbocycles. The lowest BCUT2D eigenvalue weighted by molar-refractivity contribution is 0.544. The number of hydrogen-bond donors (Lipinski definition) is 1. The van der Waals surface area contributed by atoms with Crippen molar-refractivity contribution < 1.29 is 4.39 Å². The lowest BCUT2D eigenvalue weighted by atomic mass is 9.99. The number of nitrogens with one attached hydrogen (secondary N) is 1. The lowest BCUT2D eigenvalue weighted by Gasteiger charge is -2.20. The normalized spacial score (nSPS) is 12.4. The topological polar surface area (TPSA) is 24.9 Å². The van der Waals surface area contributed by atoms with Gasteiger partial charge in [-0.05, 0) is 70.9 Å². The van der Waals surface area contributed by atoms with Crippen molar-refractivity contribution in [1.29, 1.82) is 0 Å². The third kappa shape index (κ3) is 3.98. The molecule has 1 heterocycles. The summed E-state index contributed by atoms with van der Waals surface area (Å²) < 4.78 is 14.1. The van der Waals surface area contributed by atoms with Crippen molar-refractivity contribution in [2.45, 2.75) is 19.4 Å². The summed E-state index contributed by atoms with van der Waals surface area (Å²) in [5, 5.41) is 3.46. The third-order valence-electron chi connectivity index (χ3n) is 2.98. The molecule has 100 valence electrons. The van der Waals surface area contributed by atoms with Crippen LogP contribution in [0.15, 0.2) is 42.7 Å². The molecule has 0 fully saturated rings. The van der Waals surface area contributed by atoms with Gasteiger partial charge in [0.05, 0.1) is 0 Å². The molecule has 2 rings (SSSR count). The van der Waals surface area contributed by atoms with Crippen molar-refractivity contribution in [3.05, 3.63) is 63.2 Å². The fraction of sp³-hybridized carbons (Fsp3) is 0.267. The monoisotopic (exact) mass is 370 g/mol. The first kappa shape index (κ1) is 14.4. The van der Waals surface area contributed by atoms with Crippen molar-refractivity contribution in [3.63, 3.8) is 0 Å². The van der Waals surface area contributed by atoms with Crippen LogP contribution in [0.4, 0.5) is 4.39 Å². The number of pyridine rings is 1. The van der Waals surface area contributed by atoms with Crippen LogP contribution in [-0.2, 0) is 6.42 Å². The highest BCUT2D eigenvalue weighted by atomic mass is 127. The van der Waals surface area contributed by atoms with E-state index >= 15 is 0 Å². The van der Waals surface area contributed by atoms with Gasteiger partial charge in [-0.1, -0.05) is 13.0 Å². The minimum Gasteiger partial charge on any atom is -0.310 e. The zero-order chi connectivity index (χ0) is 13.7. The highest BCUT2D eigenvalue weighted by Gasteiger charge is 2.14. The molecule has 0 spiro atoms. The van der Waals surface area contributed by atoms with Crippen LogP contribution in [0.5, 0.6) is 0 Å². The van der Waals surface area contributed by atoms with Crippen LogP contribution in [0.1, 0.15) is 24.1 Å². The zero-order valence-corrected chi connectivity index (χ0v) is 12.9. The lowest BCUT2D eigenvalue weighted by Crippen LogP contribution is -2.23.